The summed E-state index contributed by atoms with van der Waals surface area (Å²) in [6.45, 7) is 1.20. The van der Waals surface area contributed by atoms with Crippen LogP contribution in [-0.2, 0) is 13.0 Å². The summed E-state index contributed by atoms with van der Waals surface area (Å²) < 4.78 is 15.8. The zero-order valence-electron chi connectivity index (χ0n) is 10.5. The van der Waals surface area contributed by atoms with E-state index in [4.69, 9.17) is 5.73 Å². The van der Waals surface area contributed by atoms with Gasteiger partial charge in [0.2, 0.25) is 0 Å². The monoisotopic (exact) mass is 326 g/mol. The van der Waals surface area contributed by atoms with Crippen LogP contribution in [-0.4, -0.2) is 21.5 Å². The highest BCUT2D eigenvalue weighted by Crippen LogP contribution is 2.18. The third-order valence-electron chi connectivity index (χ3n) is 2.81. The zero-order valence-corrected chi connectivity index (χ0v) is 12.1. The van der Waals surface area contributed by atoms with Crippen molar-refractivity contribution < 1.29 is 4.39 Å². The van der Waals surface area contributed by atoms with Gasteiger partial charge in [-0.3, -0.25) is 0 Å². The number of rotatable bonds is 6. The molecule has 0 amide bonds. The minimum atomic E-state index is -0.249. The Kier molecular flexibility index (Phi) is 5.04. The van der Waals surface area contributed by atoms with E-state index in [0.717, 1.165) is 35.0 Å². The molecule has 0 saturated heterocycles. The minimum absolute atomic E-state index is 0.249. The van der Waals surface area contributed by atoms with E-state index in [-0.39, 0.29) is 5.82 Å². The molecule has 2 rings (SSSR count). The molecule has 0 saturated carbocycles. The number of halogens is 2. The zero-order chi connectivity index (χ0) is 13.7. The van der Waals surface area contributed by atoms with E-state index in [2.05, 4.69) is 26.2 Å². The first-order chi connectivity index (χ1) is 9.19. The highest BCUT2D eigenvalue weighted by Gasteiger charge is 2.05. The third kappa shape index (κ3) is 4.11. The number of nitrogens with two attached hydrogens (primary N) is 1. The van der Waals surface area contributed by atoms with Crippen molar-refractivity contribution in [1.29, 1.82) is 0 Å². The molecule has 0 radical (unpaired) electrons. The van der Waals surface area contributed by atoms with E-state index in [0.29, 0.717) is 13.1 Å². The van der Waals surface area contributed by atoms with E-state index < -0.39 is 0 Å². The Morgan fingerprint density at radius 1 is 1.32 bits per heavy atom. The molecule has 2 aromatic rings. The van der Waals surface area contributed by atoms with Gasteiger partial charge in [-0.05, 0) is 49.6 Å². The van der Waals surface area contributed by atoms with Crippen LogP contribution in [0.1, 0.15) is 24.1 Å². The largest absolute Gasteiger partial charge is 0.330 e. The van der Waals surface area contributed by atoms with E-state index in [1.165, 1.54) is 12.1 Å². The topological polar surface area (TPSA) is 56.7 Å². The Morgan fingerprint density at radius 2 is 2.16 bits per heavy atom. The molecule has 1 heterocycles. The summed E-state index contributed by atoms with van der Waals surface area (Å²) in [5.41, 5.74) is 7.24. The normalized spacial score (nSPS) is 10.9. The van der Waals surface area contributed by atoms with Crippen molar-refractivity contribution in [1.82, 2.24) is 15.0 Å². The van der Waals surface area contributed by atoms with Crippen LogP contribution in [0, 0.1) is 5.82 Å². The summed E-state index contributed by atoms with van der Waals surface area (Å²) in [5.74, 6) is -0.249. The van der Waals surface area contributed by atoms with Crippen LogP contribution >= 0.6 is 15.9 Å². The van der Waals surface area contributed by atoms with Gasteiger partial charge in [0.15, 0.2) is 0 Å². The first-order valence-corrected chi connectivity index (χ1v) is 7.01. The summed E-state index contributed by atoms with van der Waals surface area (Å²) >= 11 is 3.40. The van der Waals surface area contributed by atoms with Crippen LogP contribution in [0.15, 0.2) is 28.9 Å². The molecule has 6 heteroatoms. The number of hydrogen-bond donors (Lipinski definition) is 1. The highest BCUT2D eigenvalue weighted by atomic mass is 79.9. The molecular weight excluding hydrogens is 311 g/mol. The van der Waals surface area contributed by atoms with Gasteiger partial charge in [0.25, 0.3) is 0 Å². The van der Waals surface area contributed by atoms with Gasteiger partial charge in [-0.2, -0.15) is 0 Å². The van der Waals surface area contributed by atoms with Gasteiger partial charge < -0.3 is 5.73 Å². The number of aromatic nitrogens is 3. The van der Waals surface area contributed by atoms with Crippen LogP contribution in [0.3, 0.4) is 0 Å². The van der Waals surface area contributed by atoms with Gasteiger partial charge in [0.1, 0.15) is 5.82 Å². The summed E-state index contributed by atoms with van der Waals surface area (Å²) in [4.78, 5) is 0. The molecule has 0 aliphatic rings. The van der Waals surface area contributed by atoms with Crippen molar-refractivity contribution in [3.8, 4) is 0 Å². The molecule has 1 aromatic heterocycles. The van der Waals surface area contributed by atoms with Crippen LogP contribution in [0.25, 0.3) is 0 Å². The maximum Gasteiger partial charge on any atom is 0.123 e. The predicted molar refractivity (Wildman–Crippen MR) is 75.2 cm³/mol. The van der Waals surface area contributed by atoms with E-state index in [1.807, 2.05) is 6.20 Å². The Morgan fingerprint density at radius 3 is 2.95 bits per heavy atom. The lowest BCUT2D eigenvalue weighted by Crippen LogP contribution is -2.01. The Bertz CT molecular complexity index is 541. The maximum absolute atomic E-state index is 13.2. The van der Waals surface area contributed by atoms with Gasteiger partial charge in [-0.1, -0.05) is 21.1 Å². The predicted octanol–water partition coefficient (Wildman–Crippen LogP) is 2.51. The van der Waals surface area contributed by atoms with Crippen LogP contribution < -0.4 is 5.73 Å². The number of unbranched alkanes of at least 4 members (excludes halogenated alkanes) is 1. The molecule has 0 atom stereocenters. The van der Waals surface area contributed by atoms with Crippen LogP contribution in [0.2, 0.25) is 0 Å². The first kappa shape index (κ1) is 14.1. The molecule has 2 N–H and O–H groups in total. The molecule has 0 unspecified atom stereocenters. The summed E-state index contributed by atoms with van der Waals surface area (Å²) in [7, 11) is 0. The Hall–Kier alpha value is -1.27. The van der Waals surface area contributed by atoms with E-state index in [9.17, 15) is 4.39 Å². The molecule has 19 heavy (non-hydrogen) atoms. The number of nitrogens with zero attached hydrogens (tertiary/aromatic N) is 3. The SMILES string of the molecule is NCCCCc1cn(Cc2cc(F)ccc2Br)nn1. The van der Waals surface area contributed by atoms with Gasteiger partial charge in [0.05, 0.1) is 12.2 Å². The average molecular weight is 327 g/mol. The fourth-order valence-corrected chi connectivity index (χ4v) is 2.19. The molecule has 0 aliphatic heterocycles. The summed E-state index contributed by atoms with van der Waals surface area (Å²) in [5, 5.41) is 8.15. The van der Waals surface area contributed by atoms with Gasteiger partial charge in [-0.25, -0.2) is 9.07 Å². The van der Waals surface area contributed by atoms with Crippen molar-refractivity contribution in [2.75, 3.05) is 6.54 Å². The fraction of sp³-hybridized carbons (Fsp3) is 0.385. The van der Waals surface area contributed by atoms with E-state index >= 15 is 0 Å². The Balaban J connectivity index is 2.01. The highest BCUT2D eigenvalue weighted by molar-refractivity contribution is 9.10. The number of hydrogen-bond acceptors (Lipinski definition) is 3. The van der Waals surface area contributed by atoms with Crippen molar-refractivity contribution in [2.45, 2.75) is 25.8 Å². The third-order valence-corrected chi connectivity index (χ3v) is 3.59. The second-order valence-electron chi connectivity index (χ2n) is 4.39. The smallest absolute Gasteiger partial charge is 0.123 e. The summed E-state index contributed by atoms with van der Waals surface area (Å²) in [6, 6.07) is 4.62. The molecule has 0 spiro atoms. The standard InChI is InChI=1S/C13H16BrFN4/c14-13-5-4-11(15)7-10(13)8-19-9-12(17-18-19)3-1-2-6-16/h4-5,7,9H,1-3,6,8,16H2. The first-order valence-electron chi connectivity index (χ1n) is 6.22. The molecule has 0 bridgehead atoms. The maximum atomic E-state index is 13.2. The lowest BCUT2D eigenvalue weighted by Gasteiger charge is -2.04. The lowest BCUT2D eigenvalue weighted by atomic mass is 10.2. The second kappa shape index (κ2) is 6.77. The van der Waals surface area contributed by atoms with Gasteiger partial charge in [-0.15, -0.1) is 5.10 Å². The number of benzene rings is 1. The molecule has 102 valence electrons. The van der Waals surface area contributed by atoms with Gasteiger partial charge >= 0.3 is 0 Å². The second-order valence-corrected chi connectivity index (χ2v) is 5.24. The lowest BCUT2D eigenvalue weighted by molar-refractivity contribution is 0.613. The van der Waals surface area contributed by atoms with Crippen molar-refractivity contribution in [3.05, 3.63) is 45.9 Å². The molecule has 0 aliphatic carbocycles. The molecule has 4 nitrogen and oxygen atoms in total. The van der Waals surface area contributed by atoms with Gasteiger partial charge in [0, 0.05) is 10.7 Å². The number of aryl methyl sites for hydroxylation is 1. The van der Waals surface area contributed by atoms with E-state index in [1.54, 1.807) is 10.7 Å². The quantitative estimate of drug-likeness (QED) is 0.830. The molecular formula is C13H16BrFN4. The minimum Gasteiger partial charge on any atom is -0.330 e. The van der Waals surface area contributed by atoms with Crippen LogP contribution in [0.5, 0.6) is 0 Å². The average Bonchev–Trinajstić information content (AvgIpc) is 2.82. The fourth-order valence-electron chi connectivity index (χ4n) is 1.82. The Labute approximate surface area is 119 Å². The van der Waals surface area contributed by atoms with Crippen molar-refractivity contribution >= 4 is 15.9 Å². The van der Waals surface area contributed by atoms with Crippen molar-refractivity contribution in [3.63, 3.8) is 0 Å². The summed E-state index contributed by atoms with van der Waals surface area (Å²) in [6.07, 6.45) is 4.77. The molecule has 1 aromatic carbocycles. The molecule has 0 fully saturated rings. The van der Waals surface area contributed by atoms with Crippen LogP contribution in [0.4, 0.5) is 4.39 Å². The van der Waals surface area contributed by atoms with Crippen molar-refractivity contribution in [2.24, 2.45) is 5.73 Å².